The van der Waals surface area contributed by atoms with E-state index in [4.69, 9.17) is 9.84 Å². The number of benzene rings is 2. The van der Waals surface area contributed by atoms with Gasteiger partial charge in [-0.1, -0.05) is 24.3 Å². The number of carbonyl (C=O) groups is 2. The molecule has 0 amide bonds. The third kappa shape index (κ3) is 6.73. The van der Waals surface area contributed by atoms with Crippen LogP contribution in [0.15, 0.2) is 72.9 Å². The van der Waals surface area contributed by atoms with Gasteiger partial charge in [-0.05, 0) is 61.0 Å². The van der Waals surface area contributed by atoms with Crippen LogP contribution in [-0.4, -0.2) is 33.9 Å². The molecule has 33 heavy (non-hydrogen) atoms. The molecule has 0 aliphatic rings. The van der Waals surface area contributed by atoms with Crippen molar-refractivity contribution in [2.45, 2.75) is 25.9 Å². The molecule has 9 heteroatoms. The first-order valence-electron chi connectivity index (χ1n) is 9.84. The fourth-order valence-corrected chi connectivity index (χ4v) is 2.98. The Labute approximate surface area is 187 Å². The Hall–Kier alpha value is -4.01. The molecule has 0 aliphatic heterocycles. The molecular formula is C24H20F3NO5. The Kier molecular flexibility index (Phi) is 7.22. The zero-order valence-corrected chi connectivity index (χ0v) is 17.5. The quantitative estimate of drug-likeness (QED) is 0.446. The van der Waals surface area contributed by atoms with E-state index in [0.717, 1.165) is 17.7 Å². The summed E-state index contributed by atoms with van der Waals surface area (Å²) in [5, 5.41) is 8.95. The van der Waals surface area contributed by atoms with Crippen molar-refractivity contribution in [1.82, 2.24) is 4.57 Å². The second-order valence-electron chi connectivity index (χ2n) is 7.02. The van der Waals surface area contributed by atoms with Crippen LogP contribution in [-0.2, 0) is 11.3 Å². The summed E-state index contributed by atoms with van der Waals surface area (Å²) in [6.07, 6.45) is -0.446. The van der Waals surface area contributed by atoms with E-state index in [0.29, 0.717) is 18.0 Å². The number of ketones is 1. The molecule has 0 spiro atoms. The number of carbonyl (C=O) groups excluding carboxylic acids is 1. The first kappa shape index (κ1) is 23.6. The Morgan fingerprint density at radius 2 is 1.79 bits per heavy atom. The van der Waals surface area contributed by atoms with Crippen molar-refractivity contribution in [2.75, 3.05) is 0 Å². The molecule has 1 atom stereocenters. The van der Waals surface area contributed by atoms with Crippen LogP contribution in [0.5, 0.6) is 11.5 Å². The zero-order chi connectivity index (χ0) is 24.0. The fourth-order valence-electron chi connectivity index (χ4n) is 2.98. The van der Waals surface area contributed by atoms with Gasteiger partial charge < -0.3 is 19.1 Å². The van der Waals surface area contributed by atoms with Gasteiger partial charge in [0.05, 0.1) is 5.69 Å². The molecular weight excluding hydrogens is 439 g/mol. The highest BCUT2D eigenvalue weighted by Gasteiger charge is 2.31. The maximum atomic E-state index is 12.8. The number of hydrogen-bond donors (Lipinski definition) is 1. The lowest BCUT2D eigenvalue weighted by atomic mass is 10.1. The number of rotatable bonds is 9. The summed E-state index contributed by atoms with van der Waals surface area (Å²) >= 11 is 0. The molecule has 0 saturated heterocycles. The molecule has 172 valence electrons. The Morgan fingerprint density at radius 1 is 1.06 bits per heavy atom. The summed E-state index contributed by atoms with van der Waals surface area (Å²) < 4.78 is 47.8. The average molecular weight is 459 g/mol. The highest BCUT2D eigenvalue weighted by Crippen LogP contribution is 2.23. The van der Waals surface area contributed by atoms with Crippen molar-refractivity contribution in [3.05, 3.63) is 89.8 Å². The number of ether oxygens (including phenoxy) is 2. The minimum atomic E-state index is -4.80. The minimum absolute atomic E-state index is 0.228. The van der Waals surface area contributed by atoms with E-state index in [1.807, 2.05) is 12.1 Å². The van der Waals surface area contributed by atoms with E-state index in [1.54, 1.807) is 47.2 Å². The number of carboxylic acids is 1. The SMILES string of the molecule is CC(Oc1cccc(/C=C/Cn2cccc2C(=O)c2ccc(OC(F)(F)F)cc2)c1)C(=O)O. The second-order valence-corrected chi connectivity index (χ2v) is 7.02. The van der Waals surface area contributed by atoms with Crippen molar-refractivity contribution < 1.29 is 37.3 Å². The van der Waals surface area contributed by atoms with Gasteiger partial charge in [0.25, 0.3) is 0 Å². The minimum Gasteiger partial charge on any atom is -0.479 e. The summed E-state index contributed by atoms with van der Waals surface area (Å²) in [4.78, 5) is 23.7. The number of allylic oxidation sites excluding steroid dienone is 1. The van der Waals surface area contributed by atoms with Crippen LogP contribution in [0.4, 0.5) is 13.2 Å². The average Bonchev–Trinajstić information content (AvgIpc) is 3.21. The number of nitrogens with zero attached hydrogens (tertiary/aromatic N) is 1. The largest absolute Gasteiger partial charge is 0.573 e. The third-order valence-electron chi connectivity index (χ3n) is 4.54. The highest BCUT2D eigenvalue weighted by molar-refractivity contribution is 6.08. The van der Waals surface area contributed by atoms with Gasteiger partial charge in [-0.25, -0.2) is 4.79 Å². The summed E-state index contributed by atoms with van der Waals surface area (Å²) in [5.74, 6) is -1.39. The first-order valence-corrected chi connectivity index (χ1v) is 9.84. The molecule has 2 aromatic carbocycles. The van der Waals surface area contributed by atoms with Crippen molar-refractivity contribution in [1.29, 1.82) is 0 Å². The van der Waals surface area contributed by atoms with E-state index < -0.39 is 24.2 Å². The number of aromatic nitrogens is 1. The molecule has 3 rings (SSSR count). The van der Waals surface area contributed by atoms with E-state index in [2.05, 4.69) is 4.74 Å². The predicted octanol–water partition coefficient (Wildman–Crippen LogP) is 5.18. The van der Waals surface area contributed by atoms with E-state index in [-0.39, 0.29) is 11.3 Å². The van der Waals surface area contributed by atoms with E-state index in [9.17, 15) is 22.8 Å². The summed E-state index contributed by atoms with van der Waals surface area (Å²) in [7, 11) is 0. The van der Waals surface area contributed by atoms with Crippen LogP contribution in [0.2, 0.25) is 0 Å². The predicted molar refractivity (Wildman–Crippen MR) is 114 cm³/mol. The van der Waals surface area contributed by atoms with Crippen molar-refractivity contribution in [3.63, 3.8) is 0 Å². The maximum absolute atomic E-state index is 12.8. The van der Waals surface area contributed by atoms with Crippen LogP contribution in [0.3, 0.4) is 0 Å². The number of alkyl halides is 3. The lowest BCUT2D eigenvalue weighted by molar-refractivity contribution is -0.274. The van der Waals surface area contributed by atoms with Crippen LogP contribution in [0.1, 0.15) is 28.5 Å². The molecule has 0 saturated carbocycles. The lowest BCUT2D eigenvalue weighted by Crippen LogP contribution is -2.22. The van der Waals surface area contributed by atoms with Crippen molar-refractivity contribution >= 4 is 17.8 Å². The Morgan fingerprint density at radius 3 is 2.45 bits per heavy atom. The molecule has 1 N–H and O–H groups in total. The smallest absolute Gasteiger partial charge is 0.479 e. The summed E-state index contributed by atoms with van der Waals surface area (Å²) in [6, 6.07) is 15.0. The lowest BCUT2D eigenvalue weighted by Gasteiger charge is -2.10. The zero-order valence-electron chi connectivity index (χ0n) is 17.5. The molecule has 3 aromatic rings. The van der Waals surface area contributed by atoms with Crippen LogP contribution < -0.4 is 9.47 Å². The van der Waals surface area contributed by atoms with Gasteiger partial charge in [0.15, 0.2) is 6.10 Å². The topological polar surface area (TPSA) is 77.8 Å². The number of halogens is 3. The fraction of sp³-hybridized carbons (Fsp3) is 0.167. The molecule has 6 nitrogen and oxygen atoms in total. The van der Waals surface area contributed by atoms with Crippen LogP contribution in [0.25, 0.3) is 6.08 Å². The second kappa shape index (κ2) is 10.1. The summed E-state index contributed by atoms with van der Waals surface area (Å²) in [6.45, 7) is 1.80. The van der Waals surface area contributed by atoms with Gasteiger partial charge in [-0.2, -0.15) is 0 Å². The van der Waals surface area contributed by atoms with Crippen molar-refractivity contribution in [2.24, 2.45) is 0 Å². The molecule has 0 aliphatic carbocycles. The maximum Gasteiger partial charge on any atom is 0.573 e. The van der Waals surface area contributed by atoms with Gasteiger partial charge in [0.2, 0.25) is 5.78 Å². The van der Waals surface area contributed by atoms with Crippen LogP contribution in [0, 0.1) is 0 Å². The molecule has 0 bridgehead atoms. The first-order chi connectivity index (χ1) is 15.6. The molecule has 1 heterocycles. The molecule has 1 unspecified atom stereocenters. The number of hydrogen-bond acceptors (Lipinski definition) is 4. The normalized spacial score (nSPS) is 12.5. The Bertz CT molecular complexity index is 1150. The van der Waals surface area contributed by atoms with Crippen LogP contribution >= 0.6 is 0 Å². The van der Waals surface area contributed by atoms with Gasteiger partial charge >= 0.3 is 12.3 Å². The molecule has 0 radical (unpaired) electrons. The third-order valence-corrected chi connectivity index (χ3v) is 4.54. The van der Waals surface area contributed by atoms with Crippen molar-refractivity contribution in [3.8, 4) is 11.5 Å². The Balaban J connectivity index is 1.67. The van der Waals surface area contributed by atoms with E-state index in [1.165, 1.54) is 19.1 Å². The highest BCUT2D eigenvalue weighted by atomic mass is 19.4. The monoisotopic (exact) mass is 459 g/mol. The van der Waals surface area contributed by atoms with Gasteiger partial charge in [-0.3, -0.25) is 4.79 Å². The van der Waals surface area contributed by atoms with E-state index >= 15 is 0 Å². The van der Waals surface area contributed by atoms with Gasteiger partial charge in [0, 0.05) is 18.3 Å². The standard InChI is InChI=1S/C24H20F3NO5/c1-16(23(30)31)32-20-7-2-5-17(15-20)6-3-13-28-14-4-8-21(28)22(29)18-9-11-19(12-10-18)33-24(25,26)27/h2-12,14-16H,13H2,1H3,(H,30,31)/b6-3+. The van der Waals surface area contributed by atoms with Gasteiger partial charge in [-0.15, -0.1) is 13.2 Å². The number of aliphatic carboxylic acids is 1. The van der Waals surface area contributed by atoms with Gasteiger partial charge in [0.1, 0.15) is 11.5 Å². The molecule has 1 aromatic heterocycles. The molecule has 0 fully saturated rings. The summed E-state index contributed by atoms with van der Waals surface area (Å²) in [5.41, 5.74) is 1.38. The number of carboxylic acid groups (broad SMARTS) is 1.